The van der Waals surface area contributed by atoms with Gasteiger partial charge in [0.1, 0.15) is 12.2 Å². The zero-order valence-corrected chi connectivity index (χ0v) is 9.94. The molecule has 0 spiro atoms. The third-order valence-corrected chi connectivity index (χ3v) is 2.64. The molecule has 0 aliphatic heterocycles. The summed E-state index contributed by atoms with van der Waals surface area (Å²) >= 11 is 6.13. The third-order valence-electron chi connectivity index (χ3n) is 2.32. The van der Waals surface area contributed by atoms with E-state index in [9.17, 15) is 0 Å². The van der Waals surface area contributed by atoms with Crippen molar-refractivity contribution in [1.29, 1.82) is 0 Å². The highest BCUT2D eigenvalue weighted by Crippen LogP contribution is 2.25. The zero-order chi connectivity index (χ0) is 11.7. The first kappa shape index (κ1) is 11.0. The van der Waals surface area contributed by atoms with Crippen LogP contribution in [0.25, 0.3) is 5.69 Å². The fraction of sp³-hybridized carbons (Fsp3) is 0.273. The van der Waals surface area contributed by atoms with Gasteiger partial charge in [-0.1, -0.05) is 25.4 Å². The summed E-state index contributed by atoms with van der Waals surface area (Å²) in [6.45, 7) is 4.11. The van der Waals surface area contributed by atoms with E-state index in [0.29, 0.717) is 10.7 Å². The Bertz CT molecular complexity index is 504. The second-order valence-corrected chi connectivity index (χ2v) is 4.33. The summed E-state index contributed by atoms with van der Waals surface area (Å²) in [6.07, 6.45) is 1.65. The van der Waals surface area contributed by atoms with Crippen LogP contribution in [0.4, 0.5) is 5.69 Å². The van der Waals surface area contributed by atoms with E-state index in [1.54, 1.807) is 18.5 Å². The minimum absolute atomic E-state index is 0.278. The van der Waals surface area contributed by atoms with Crippen molar-refractivity contribution in [3.8, 4) is 5.69 Å². The molecule has 0 unspecified atom stereocenters. The first-order valence-corrected chi connectivity index (χ1v) is 5.42. The minimum Gasteiger partial charge on any atom is -0.399 e. The van der Waals surface area contributed by atoms with Gasteiger partial charge in [-0.05, 0) is 18.2 Å². The summed E-state index contributed by atoms with van der Waals surface area (Å²) in [7, 11) is 0. The Hall–Kier alpha value is -1.55. The molecule has 0 atom stereocenters. The number of hydrogen-bond donors (Lipinski definition) is 1. The Morgan fingerprint density at radius 1 is 1.38 bits per heavy atom. The Morgan fingerprint density at radius 2 is 2.12 bits per heavy atom. The van der Waals surface area contributed by atoms with Crippen molar-refractivity contribution in [1.82, 2.24) is 14.8 Å². The van der Waals surface area contributed by atoms with Crippen molar-refractivity contribution < 1.29 is 0 Å². The van der Waals surface area contributed by atoms with E-state index in [4.69, 9.17) is 17.3 Å². The summed E-state index contributed by atoms with van der Waals surface area (Å²) in [5, 5.41) is 8.62. The average Bonchev–Trinajstić information content (AvgIpc) is 2.70. The number of nitrogens with zero attached hydrogens (tertiary/aromatic N) is 3. The molecular weight excluding hydrogens is 224 g/mol. The Morgan fingerprint density at radius 3 is 2.81 bits per heavy atom. The molecule has 1 aromatic heterocycles. The molecule has 2 rings (SSSR count). The molecule has 1 aromatic carbocycles. The molecule has 0 saturated heterocycles. The Labute approximate surface area is 99.1 Å². The van der Waals surface area contributed by atoms with E-state index >= 15 is 0 Å². The lowest BCUT2D eigenvalue weighted by Gasteiger charge is -2.11. The molecular formula is C11H13ClN4. The maximum atomic E-state index is 6.13. The summed E-state index contributed by atoms with van der Waals surface area (Å²) in [6, 6.07) is 5.36. The van der Waals surface area contributed by atoms with Gasteiger partial charge in [-0.25, -0.2) is 0 Å². The van der Waals surface area contributed by atoms with Gasteiger partial charge in [0.25, 0.3) is 0 Å². The molecule has 0 bridgehead atoms. The van der Waals surface area contributed by atoms with E-state index < -0.39 is 0 Å². The van der Waals surface area contributed by atoms with E-state index in [1.165, 1.54) is 0 Å². The topological polar surface area (TPSA) is 56.7 Å². The average molecular weight is 237 g/mol. The van der Waals surface area contributed by atoms with Gasteiger partial charge in [-0.2, -0.15) is 0 Å². The fourth-order valence-corrected chi connectivity index (χ4v) is 1.75. The molecule has 16 heavy (non-hydrogen) atoms. The van der Waals surface area contributed by atoms with Crippen LogP contribution in [0.3, 0.4) is 0 Å². The number of benzene rings is 1. The predicted octanol–water partition coefficient (Wildman–Crippen LogP) is 2.63. The molecule has 84 valence electrons. The molecule has 0 aliphatic carbocycles. The number of rotatable bonds is 2. The molecule has 2 N–H and O–H groups in total. The standard InChI is InChI=1S/C11H13ClN4/c1-7(2)11-15-14-6-16(11)10-5-8(13)3-4-9(10)12/h3-7H,13H2,1-2H3. The molecule has 0 radical (unpaired) electrons. The van der Waals surface area contributed by atoms with E-state index in [-0.39, 0.29) is 5.92 Å². The van der Waals surface area contributed by atoms with E-state index in [2.05, 4.69) is 24.0 Å². The van der Waals surface area contributed by atoms with Crippen molar-refractivity contribution in [3.63, 3.8) is 0 Å². The third kappa shape index (κ3) is 1.88. The van der Waals surface area contributed by atoms with Crippen LogP contribution in [0.1, 0.15) is 25.6 Å². The quantitative estimate of drug-likeness (QED) is 0.816. The SMILES string of the molecule is CC(C)c1nncn1-c1cc(N)ccc1Cl. The van der Waals surface area contributed by atoms with Crippen LogP contribution in [-0.2, 0) is 0 Å². The number of nitrogen functional groups attached to an aromatic ring is 1. The first-order chi connectivity index (χ1) is 7.59. The monoisotopic (exact) mass is 236 g/mol. The maximum absolute atomic E-state index is 6.13. The highest BCUT2D eigenvalue weighted by atomic mass is 35.5. The van der Waals surface area contributed by atoms with Crippen LogP contribution in [0, 0.1) is 0 Å². The Kier molecular flexibility index (Phi) is 2.83. The molecule has 0 fully saturated rings. The van der Waals surface area contributed by atoms with Gasteiger partial charge < -0.3 is 5.73 Å². The zero-order valence-electron chi connectivity index (χ0n) is 9.18. The molecule has 0 saturated carbocycles. The molecule has 4 nitrogen and oxygen atoms in total. The number of aromatic nitrogens is 3. The lowest BCUT2D eigenvalue weighted by atomic mass is 10.2. The molecule has 5 heteroatoms. The van der Waals surface area contributed by atoms with Crippen LogP contribution in [-0.4, -0.2) is 14.8 Å². The van der Waals surface area contributed by atoms with Gasteiger partial charge >= 0.3 is 0 Å². The number of nitrogens with two attached hydrogens (primary N) is 1. The van der Waals surface area contributed by atoms with Crippen molar-refractivity contribution >= 4 is 17.3 Å². The van der Waals surface area contributed by atoms with Crippen LogP contribution in [0.15, 0.2) is 24.5 Å². The maximum Gasteiger partial charge on any atom is 0.140 e. The van der Waals surface area contributed by atoms with Crippen LogP contribution in [0.5, 0.6) is 0 Å². The number of anilines is 1. The first-order valence-electron chi connectivity index (χ1n) is 5.05. The largest absolute Gasteiger partial charge is 0.399 e. The van der Waals surface area contributed by atoms with E-state index in [0.717, 1.165) is 11.5 Å². The molecule has 1 heterocycles. The Balaban J connectivity index is 2.58. The van der Waals surface area contributed by atoms with Crippen LogP contribution >= 0.6 is 11.6 Å². The summed E-state index contributed by atoms with van der Waals surface area (Å²) in [4.78, 5) is 0. The van der Waals surface area contributed by atoms with Gasteiger partial charge in [0.05, 0.1) is 10.7 Å². The van der Waals surface area contributed by atoms with Gasteiger partial charge in [-0.15, -0.1) is 10.2 Å². The van der Waals surface area contributed by atoms with Gasteiger partial charge in [-0.3, -0.25) is 4.57 Å². The van der Waals surface area contributed by atoms with Gasteiger partial charge in [0.2, 0.25) is 0 Å². The summed E-state index contributed by atoms with van der Waals surface area (Å²) < 4.78 is 1.86. The van der Waals surface area contributed by atoms with Crippen molar-refractivity contribution in [3.05, 3.63) is 35.4 Å². The second kappa shape index (κ2) is 4.14. The number of halogens is 1. The van der Waals surface area contributed by atoms with Gasteiger partial charge in [0, 0.05) is 11.6 Å². The lowest BCUT2D eigenvalue weighted by Crippen LogP contribution is -2.03. The highest BCUT2D eigenvalue weighted by Gasteiger charge is 2.12. The second-order valence-electron chi connectivity index (χ2n) is 3.92. The summed E-state index contributed by atoms with van der Waals surface area (Å²) in [5.41, 5.74) is 7.23. The molecule has 2 aromatic rings. The minimum atomic E-state index is 0.278. The molecule has 0 amide bonds. The normalized spacial score (nSPS) is 11.0. The van der Waals surface area contributed by atoms with E-state index in [1.807, 2.05) is 10.6 Å². The lowest BCUT2D eigenvalue weighted by molar-refractivity contribution is 0.745. The van der Waals surface area contributed by atoms with Gasteiger partial charge in [0.15, 0.2) is 0 Å². The van der Waals surface area contributed by atoms with Crippen molar-refractivity contribution in [2.24, 2.45) is 0 Å². The fourth-order valence-electron chi connectivity index (χ4n) is 1.54. The predicted molar refractivity (Wildman–Crippen MR) is 64.9 cm³/mol. The summed E-state index contributed by atoms with van der Waals surface area (Å²) in [5.74, 6) is 1.15. The van der Waals surface area contributed by atoms with Crippen molar-refractivity contribution in [2.45, 2.75) is 19.8 Å². The smallest absolute Gasteiger partial charge is 0.140 e. The van der Waals surface area contributed by atoms with Crippen molar-refractivity contribution in [2.75, 3.05) is 5.73 Å². The van der Waals surface area contributed by atoms with Crippen LogP contribution < -0.4 is 5.73 Å². The number of hydrogen-bond acceptors (Lipinski definition) is 3. The molecule has 0 aliphatic rings. The van der Waals surface area contributed by atoms with Crippen LogP contribution in [0.2, 0.25) is 5.02 Å². The highest BCUT2D eigenvalue weighted by molar-refractivity contribution is 6.32.